The Morgan fingerprint density at radius 2 is 1.67 bits per heavy atom. The van der Waals surface area contributed by atoms with Gasteiger partial charge in [0.2, 0.25) is 0 Å². The number of carbonyl (C=O) groups excluding carboxylic acids is 2. The van der Waals surface area contributed by atoms with Gasteiger partial charge in [0.05, 0.1) is 5.56 Å². The fourth-order valence-electron chi connectivity index (χ4n) is 3.49. The van der Waals surface area contributed by atoms with Crippen molar-refractivity contribution >= 4 is 17.8 Å². The molecule has 6 nitrogen and oxygen atoms in total. The lowest BCUT2D eigenvalue weighted by Crippen LogP contribution is -2.50. The number of esters is 1. The summed E-state index contributed by atoms with van der Waals surface area (Å²) in [6, 6.07) is 6.62. The van der Waals surface area contributed by atoms with Gasteiger partial charge >= 0.3 is 11.9 Å². The first-order valence-electron chi connectivity index (χ1n) is 9.15. The lowest BCUT2D eigenvalue weighted by atomic mass is 9.80. The second kappa shape index (κ2) is 9.02. The molecule has 0 aromatic heterocycles. The van der Waals surface area contributed by atoms with Crippen LogP contribution in [0, 0.1) is 5.41 Å². The summed E-state index contributed by atoms with van der Waals surface area (Å²) in [5, 5.41) is 8.95. The van der Waals surface area contributed by atoms with Gasteiger partial charge in [0, 0.05) is 25.4 Å². The highest BCUT2D eigenvalue weighted by Gasteiger charge is 2.35. The number of para-hydroxylation sites is 1. The molecule has 1 aromatic rings. The van der Waals surface area contributed by atoms with Crippen LogP contribution in [0.25, 0.3) is 0 Å². The quantitative estimate of drug-likeness (QED) is 0.544. The fourth-order valence-corrected chi connectivity index (χ4v) is 3.49. The molecule has 1 amide bonds. The van der Waals surface area contributed by atoms with Gasteiger partial charge in [-0.15, -0.1) is 0 Å². The molecule has 0 fully saturated rings. The van der Waals surface area contributed by atoms with Crippen LogP contribution in [0.2, 0.25) is 0 Å². The van der Waals surface area contributed by atoms with E-state index in [4.69, 9.17) is 9.84 Å². The summed E-state index contributed by atoms with van der Waals surface area (Å²) in [6.07, 6.45) is 1.07. The zero-order chi connectivity index (χ0) is 20.8. The Bertz CT molecular complexity index is 688. The first-order valence-corrected chi connectivity index (χ1v) is 9.15. The number of hydrogen-bond donors (Lipinski definition) is 1. The summed E-state index contributed by atoms with van der Waals surface area (Å²) in [6.45, 7) is 11.8. The van der Waals surface area contributed by atoms with E-state index in [1.165, 1.54) is 6.92 Å². The molecular weight excluding hydrogens is 346 g/mol. The van der Waals surface area contributed by atoms with Crippen molar-refractivity contribution in [3.8, 4) is 5.75 Å². The number of carbonyl (C=O) groups is 3. The van der Waals surface area contributed by atoms with Crippen LogP contribution in [0.5, 0.6) is 5.75 Å². The minimum absolute atomic E-state index is 0.0129. The first-order chi connectivity index (χ1) is 12.3. The molecule has 0 spiro atoms. The highest BCUT2D eigenvalue weighted by atomic mass is 16.5. The van der Waals surface area contributed by atoms with Gasteiger partial charge in [0.25, 0.3) is 5.91 Å². The molecule has 1 N–H and O–H groups in total. The predicted octanol–water partition coefficient (Wildman–Crippen LogP) is 4.13. The predicted molar refractivity (Wildman–Crippen MR) is 104 cm³/mol. The second-order valence-electron chi connectivity index (χ2n) is 8.59. The van der Waals surface area contributed by atoms with Gasteiger partial charge in [-0.05, 0) is 44.2 Å². The van der Waals surface area contributed by atoms with Crippen molar-refractivity contribution in [3.05, 3.63) is 29.8 Å². The largest absolute Gasteiger partial charge is 0.481 e. The van der Waals surface area contributed by atoms with E-state index in [0.717, 1.165) is 6.42 Å². The Kier molecular flexibility index (Phi) is 7.57. The average molecular weight is 377 g/mol. The van der Waals surface area contributed by atoms with Crippen LogP contribution < -0.4 is 4.74 Å². The summed E-state index contributed by atoms with van der Waals surface area (Å²) in [7, 11) is 0. The number of nitrogens with zero attached hydrogens (tertiary/aromatic N) is 1. The molecule has 0 radical (unpaired) electrons. The average Bonchev–Trinajstić information content (AvgIpc) is 2.48. The van der Waals surface area contributed by atoms with E-state index < -0.39 is 17.5 Å². The Labute approximate surface area is 161 Å². The number of ether oxygens (including phenoxy) is 1. The summed E-state index contributed by atoms with van der Waals surface area (Å²) < 4.78 is 5.19. The summed E-state index contributed by atoms with van der Waals surface area (Å²) in [5.41, 5.74) is -0.230. The van der Waals surface area contributed by atoms with Crippen LogP contribution >= 0.6 is 0 Å². The van der Waals surface area contributed by atoms with Crippen LogP contribution in [0.1, 0.15) is 71.2 Å². The molecule has 1 rings (SSSR count). The molecule has 0 atom stereocenters. The molecule has 0 aliphatic heterocycles. The highest BCUT2D eigenvalue weighted by molar-refractivity contribution is 5.98. The van der Waals surface area contributed by atoms with E-state index in [1.54, 1.807) is 29.2 Å². The topological polar surface area (TPSA) is 83.9 Å². The normalized spacial score (nSPS) is 11.8. The van der Waals surface area contributed by atoms with E-state index in [0.29, 0.717) is 18.5 Å². The molecule has 0 aliphatic carbocycles. The van der Waals surface area contributed by atoms with Gasteiger partial charge in [-0.1, -0.05) is 32.9 Å². The van der Waals surface area contributed by atoms with Crippen molar-refractivity contribution in [1.82, 2.24) is 4.90 Å². The molecule has 150 valence electrons. The van der Waals surface area contributed by atoms with E-state index in [1.807, 2.05) is 13.8 Å². The van der Waals surface area contributed by atoms with Gasteiger partial charge in [0.15, 0.2) is 0 Å². The van der Waals surface area contributed by atoms with Gasteiger partial charge in [-0.3, -0.25) is 14.4 Å². The Morgan fingerprint density at radius 1 is 1.07 bits per heavy atom. The van der Waals surface area contributed by atoms with Crippen molar-refractivity contribution < 1.29 is 24.2 Å². The van der Waals surface area contributed by atoms with Crippen LogP contribution in [-0.2, 0) is 9.59 Å². The van der Waals surface area contributed by atoms with Crippen molar-refractivity contribution in [1.29, 1.82) is 0 Å². The van der Waals surface area contributed by atoms with Crippen molar-refractivity contribution in [2.45, 2.75) is 66.3 Å². The lowest BCUT2D eigenvalue weighted by Gasteiger charge is -2.42. The smallest absolute Gasteiger partial charge is 0.308 e. The Morgan fingerprint density at radius 3 is 2.19 bits per heavy atom. The maximum absolute atomic E-state index is 13.3. The van der Waals surface area contributed by atoms with Crippen molar-refractivity contribution in [2.24, 2.45) is 5.41 Å². The molecule has 0 saturated carbocycles. The van der Waals surface area contributed by atoms with E-state index in [2.05, 4.69) is 20.8 Å². The number of rotatable bonds is 8. The van der Waals surface area contributed by atoms with Gasteiger partial charge < -0.3 is 14.7 Å². The second-order valence-corrected chi connectivity index (χ2v) is 8.59. The van der Waals surface area contributed by atoms with Crippen LogP contribution in [0.3, 0.4) is 0 Å². The minimum Gasteiger partial charge on any atom is -0.481 e. The maximum Gasteiger partial charge on any atom is 0.308 e. The van der Waals surface area contributed by atoms with Gasteiger partial charge in [0.1, 0.15) is 5.75 Å². The first kappa shape index (κ1) is 22.7. The van der Waals surface area contributed by atoms with Crippen molar-refractivity contribution in [3.63, 3.8) is 0 Å². The van der Waals surface area contributed by atoms with E-state index in [9.17, 15) is 14.4 Å². The number of aliphatic carboxylic acids is 1. The molecule has 0 bridgehead atoms. The summed E-state index contributed by atoms with van der Waals surface area (Å²) in [4.78, 5) is 37.3. The molecule has 0 unspecified atom stereocenters. The third kappa shape index (κ3) is 7.41. The van der Waals surface area contributed by atoms with Gasteiger partial charge in [-0.2, -0.15) is 0 Å². The van der Waals surface area contributed by atoms with Crippen LogP contribution in [0.15, 0.2) is 24.3 Å². The standard InChI is InChI=1S/C21H31NO5/c1-15(23)27-17-11-8-7-10-16(17)19(26)22(13-9-12-18(24)25)21(5,6)14-20(2,3)4/h7-8,10-11H,9,12-14H2,1-6H3,(H,24,25). The number of benzene rings is 1. The number of hydrogen-bond acceptors (Lipinski definition) is 4. The zero-order valence-electron chi connectivity index (χ0n) is 17.2. The molecular formula is C21H31NO5. The molecule has 0 saturated heterocycles. The van der Waals surface area contributed by atoms with Crippen LogP contribution in [0.4, 0.5) is 0 Å². The molecule has 1 aromatic carbocycles. The molecule has 0 heterocycles. The highest BCUT2D eigenvalue weighted by Crippen LogP contribution is 2.33. The zero-order valence-corrected chi connectivity index (χ0v) is 17.2. The number of carboxylic acid groups (broad SMARTS) is 1. The summed E-state index contributed by atoms with van der Waals surface area (Å²) >= 11 is 0. The SMILES string of the molecule is CC(=O)Oc1ccccc1C(=O)N(CCCC(=O)O)C(C)(C)CC(C)(C)C. The minimum atomic E-state index is -0.892. The third-order valence-corrected chi connectivity index (χ3v) is 4.08. The number of amides is 1. The Balaban J connectivity index is 3.23. The molecule has 6 heteroatoms. The lowest BCUT2D eigenvalue weighted by molar-refractivity contribution is -0.137. The Hall–Kier alpha value is -2.37. The molecule has 27 heavy (non-hydrogen) atoms. The summed E-state index contributed by atoms with van der Waals surface area (Å²) in [5.74, 6) is -1.45. The van der Waals surface area contributed by atoms with Gasteiger partial charge in [-0.25, -0.2) is 0 Å². The monoisotopic (exact) mass is 377 g/mol. The van der Waals surface area contributed by atoms with E-state index in [-0.39, 0.29) is 23.5 Å². The third-order valence-electron chi connectivity index (χ3n) is 4.08. The van der Waals surface area contributed by atoms with Crippen LogP contribution in [-0.4, -0.2) is 39.9 Å². The maximum atomic E-state index is 13.3. The molecule has 0 aliphatic rings. The van der Waals surface area contributed by atoms with E-state index >= 15 is 0 Å². The number of carboxylic acids is 1. The fraction of sp³-hybridized carbons (Fsp3) is 0.571. The van der Waals surface area contributed by atoms with Crippen molar-refractivity contribution in [2.75, 3.05) is 6.54 Å².